The van der Waals surface area contributed by atoms with Gasteiger partial charge in [0.05, 0.1) is 0 Å². The van der Waals surface area contributed by atoms with Crippen LogP contribution in [0.5, 0.6) is 0 Å². The number of halogens is 2. The molecule has 4 aromatic carbocycles. The number of hydrogen-bond acceptors (Lipinski definition) is 0. The van der Waals surface area contributed by atoms with Gasteiger partial charge in [0.25, 0.3) is 0 Å². The second-order valence-electron chi connectivity index (χ2n) is 8.38. The Labute approximate surface area is 222 Å². The van der Waals surface area contributed by atoms with E-state index in [1.54, 1.807) is 0 Å². The van der Waals surface area contributed by atoms with Crippen molar-refractivity contribution in [2.45, 2.75) is 25.2 Å². The minimum Gasteiger partial charge on any atom is -0.147 e. The first-order chi connectivity index (χ1) is 14.4. The zero-order chi connectivity index (χ0) is 19.4. The summed E-state index contributed by atoms with van der Waals surface area (Å²) in [6.45, 7) is 2.37. The van der Waals surface area contributed by atoms with Gasteiger partial charge in [-0.2, -0.15) is 0 Å². The van der Waals surface area contributed by atoms with E-state index < -0.39 is 0 Å². The molecule has 3 heteroatoms. The molecule has 0 amide bonds. The van der Waals surface area contributed by atoms with Crippen molar-refractivity contribution < 1.29 is 26.2 Å². The largest absolute Gasteiger partial charge is 0.147 e. The summed E-state index contributed by atoms with van der Waals surface area (Å²) in [5.41, 5.74) is 11.7. The van der Waals surface area contributed by atoms with Crippen LogP contribution in [0.15, 0.2) is 97.1 Å². The van der Waals surface area contributed by atoms with Crippen LogP contribution in [0, 0.1) is 5.92 Å². The van der Waals surface area contributed by atoms with Gasteiger partial charge in [-0.1, -0.05) is 110 Å². The first-order valence-corrected chi connectivity index (χ1v) is 10.7. The van der Waals surface area contributed by atoms with Gasteiger partial charge in [-0.15, -0.1) is 24.8 Å². The summed E-state index contributed by atoms with van der Waals surface area (Å²) in [5.74, 6) is 1.41. The van der Waals surface area contributed by atoms with Crippen LogP contribution in [0.4, 0.5) is 0 Å². The molecule has 0 bridgehead atoms. The van der Waals surface area contributed by atoms with Crippen LogP contribution in [0.25, 0.3) is 22.3 Å². The van der Waals surface area contributed by atoms with E-state index in [1.165, 1.54) is 44.5 Å². The number of benzene rings is 4. The third-order valence-electron chi connectivity index (χ3n) is 7.09. The van der Waals surface area contributed by atoms with E-state index in [4.69, 9.17) is 0 Å². The summed E-state index contributed by atoms with van der Waals surface area (Å²) >= 11 is 0. The second-order valence-corrected chi connectivity index (χ2v) is 8.38. The molecular formula is C29H26Cl2Zr. The van der Waals surface area contributed by atoms with E-state index in [0.717, 1.165) is 6.42 Å². The minimum absolute atomic E-state index is 0. The van der Waals surface area contributed by atoms with E-state index in [2.05, 4.69) is 104 Å². The van der Waals surface area contributed by atoms with E-state index in [1.807, 2.05) is 0 Å². The monoisotopic (exact) mass is 534 g/mol. The van der Waals surface area contributed by atoms with E-state index in [0.29, 0.717) is 17.8 Å². The van der Waals surface area contributed by atoms with Crippen LogP contribution in [-0.4, -0.2) is 0 Å². The molecule has 0 atom stereocenters. The molecule has 160 valence electrons. The van der Waals surface area contributed by atoms with Crippen molar-refractivity contribution >= 4 is 24.8 Å². The zero-order valence-corrected chi connectivity index (χ0v) is 22.1. The maximum atomic E-state index is 2.37. The van der Waals surface area contributed by atoms with E-state index >= 15 is 0 Å². The smallest absolute Gasteiger partial charge is 0.0139 e. The molecule has 0 spiro atoms. The summed E-state index contributed by atoms with van der Waals surface area (Å²) in [5, 5.41) is 0. The predicted octanol–water partition coefficient (Wildman–Crippen LogP) is 8.48. The molecule has 0 aromatic heterocycles. The van der Waals surface area contributed by atoms with Crippen LogP contribution in [0.3, 0.4) is 0 Å². The van der Waals surface area contributed by atoms with Gasteiger partial charge in [-0.25, -0.2) is 0 Å². The van der Waals surface area contributed by atoms with Gasteiger partial charge in [0.1, 0.15) is 0 Å². The van der Waals surface area contributed by atoms with Gasteiger partial charge in [0.15, 0.2) is 0 Å². The molecule has 0 radical (unpaired) electrons. The fourth-order valence-electron chi connectivity index (χ4n) is 5.98. The number of rotatable bonds is 3. The average Bonchev–Trinajstić information content (AvgIpc) is 3.29. The molecular weight excluding hydrogens is 510 g/mol. The molecule has 4 aromatic rings. The molecule has 0 saturated heterocycles. The topological polar surface area (TPSA) is 0 Å². The molecule has 2 aliphatic rings. The van der Waals surface area contributed by atoms with Crippen LogP contribution in [0.1, 0.15) is 47.4 Å². The Bertz CT molecular complexity index is 1050. The SMILES string of the molecule is CCC(C1c2ccccc2-c2ccccc21)C1c2ccccc2-c2ccccc21.Cl.Cl.[Zr]. The summed E-state index contributed by atoms with van der Waals surface area (Å²) in [4.78, 5) is 0. The number of fused-ring (bicyclic) bond motifs is 6. The van der Waals surface area contributed by atoms with Crippen molar-refractivity contribution in [1.29, 1.82) is 0 Å². The Morgan fingerprint density at radius 2 is 0.750 bits per heavy atom. The summed E-state index contributed by atoms with van der Waals surface area (Å²) < 4.78 is 0. The van der Waals surface area contributed by atoms with Gasteiger partial charge in [0, 0.05) is 38.0 Å². The van der Waals surface area contributed by atoms with Crippen molar-refractivity contribution in [2.75, 3.05) is 0 Å². The average molecular weight is 537 g/mol. The van der Waals surface area contributed by atoms with Crippen molar-refractivity contribution in [3.63, 3.8) is 0 Å². The van der Waals surface area contributed by atoms with Gasteiger partial charge in [-0.05, 0) is 50.4 Å². The number of hydrogen-bond donors (Lipinski definition) is 0. The molecule has 0 heterocycles. The van der Waals surface area contributed by atoms with Crippen LogP contribution in [-0.2, 0) is 26.2 Å². The first kappa shape index (κ1) is 25.0. The Kier molecular flexibility index (Phi) is 7.87. The molecule has 0 fully saturated rings. The van der Waals surface area contributed by atoms with Gasteiger partial charge >= 0.3 is 0 Å². The van der Waals surface area contributed by atoms with Gasteiger partial charge < -0.3 is 0 Å². The van der Waals surface area contributed by atoms with E-state index in [-0.39, 0.29) is 51.0 Å². The Hall–Kier alpha value is -1.66. The maximum Gasteiger partial charge on any atom is 0.0139 e. The van der Waals surface area contributed by atoms with Crippen molar-refractivity contribution in [3.8, 4) is 22.3 Å². The minimum atomic E-state index is 0. The predicted molar refractivity (Wildman–Crippen MR) is 136 cm³/mol. The Morgan fingerprint density at radius 3 is 1.00 bits per heavy atom. The molecule has 0 saturated carbocycles. The van der Waals surface area contributed by atoms with Crippen LogP contribution < -0.4 is 0 Å². The second kappa shape index (κ2) is 10.1. The molecule has 0 unspecified atom stereocenters. The van der Waals surface area contributed by atoms with Crippen LogP contribution in [0.2, 0.25) is 0 Å². The van der Waals surface area contributed by atoms with Gasteiger partial charge in [-0.3, -0.25) is 0 Å². The third-order valence-corrected chi connectivity index (χ3v) is 7.09. The van der Waals surface area contributed by atoms with Crippen molar-refractivity contribution in [3.05, 3.63) is 119 Å². The molecule has 32 heavy (non-hydrogen) atoms. The standard InChI is InChI=1S/C29H24.2ClH.Zr/c1-2-19(28-24-15-7-3-11-20(24)21-12-4-8-16-25(21)28)29-26-17-9-5-13-22(26)23-14-6-10-18-27(23)29;;;/h3-19,28-29H,2H2,1H3;2*1H;. The fraction of sp³-hybridized carbons (Fsp3) is 0.172. The molecule has 0 nitrogen and oxygen atoms in total. The first-order valence-electron chi connectivity index (χ1n) is 10.7. The molecule has 6 rings (SSSR count). The summed E-state index contributed by atoms with van der Waals surface area (Å²) in [6.07, 6.45) is 1.15. The fourth-order valence-corrected chi connectivity index (χ4v) is 5.98. The maximum absolute atomic E-state index is 2.37. The molecule has 0 aliphatic heterocycles. The third kappa shape index (κ3) is 3.64. The molecule has 0 N–H and O–H groups in total. The van der Waals surface area contributed by atoms with E-state index in [9.17, 15) is 0 Å². The molecule has 2 aliphatic carbocycles. The quantitative estimate of drug-likeness (QED) is 0.246. The van der Waals surface area contributed by atoms with Gasteiger partial charge in [0.2, 0.25) is 0 Å². The summed E-state index contributed by atoms with van der Waals surface area (Å²) in [7, 11) is 0. The Morgan fingerprint density at radius 1 is 0.500 bits per heavy atom. The zero-order valence-electron chi connectivity index (χ0n) is 18.0. The van der Waals surface area contributed by atoms with Crippen molar-refractivity contribution in [1.82, 2.24) is 0 Å². The summed E-state index contributed by atoms with van der Waals surface area (Å²) in [6, 6.07) is 36.2. The normalized spacial score (nSPS) is 13.2. The van der Waals surface area contributed by atoms with Crippen molar-refractivity contribution in [2.24, 2.45) is 5.92 Å². The Balaban J connectivity index is 0.000000963. The van der Waals surface area contributed by atoms with Crippen LogP contribution >= 0.6 is 24.8 Å².